The minimum absolute atomic E-state index is 0.0495. The van der Waals surface area contributed by atoms with Gasteiger partial charge in [-0.3, -0.25) is 0 Å². The molecule has 1 fully saturated rings. The van der Waals surface area contributed by atoms with Crippen LogP contribution in [0.15, 0.2) is 29.3 Å². The van der Waals surface area contributed by atoms with Crippen LogP contribution in [0.2, 0.25) is 0 Å². The van der Waals surface area contributed by atoms with Crippen LogP contribution in [0.1, 0.15) is 30.1 Å². The smallest absolute Gasteiger partial charge is 0.236 e. The maximum absolute atomic E-state index is 13.2. The van der Waals surface area contributed by atoms with Crippen molar-refractivity contribution in [3.63, 3.8) is 0 Å². The summed E-state index contributed by atoms with van der Waals surface area (Å²) in [6.45, 7) is 0.382. The van der Waals surface area contributed by atoms with E-state index in [9.17, 15) is 30.0 Å². The third-order valence-electron chi connectivity index (χ3n) is 4.73. The van der Waals surface area contributed by atoms with Crippen molar-refractivity contribution in [1.82, 2.24) is 19.1 Å². The first-order valence-corrected chi connectivity index (χ1v) is 12.3. The number of pyridine rings is 1. The fourth-order valence-corrected chi connectivity index (χ4v) is 4.64. The molecule has 1 saturated heterocycles. The zero-order valence-electron chi connectivity index (χ0n) is 15.6. The normalized spacial score (nSPS) is 17.6. The van der Waals surface area contributed by atoms with Gasteiger partial charge in [-0.25, -0.2) is 30.8 Å². The van der Waals surface area contributed by atoms with E-state index in [1.54, 1.807) is 0 Å². The summed E-state index contributed by atoms with van der Waals surface area (Å²) >= 11 is 0. The number of sulfone groups is 1. The number of alkyl halides is 3. The van der Waals surface area contributed by atoms with Gasteiger partial charge in [-0.15, -0.1) is 0 Å². The lowest BCUT2D eigenvalue weighted by Gasteiger charge is -2.30. The molecule has 0 spiro atoms. The van der Waals surface area contributed by atoms with E-state index in [2.05, 4.69) is 10.1 Å². The highest BCUT2D eigenvalue weighted by molar-refractivity contribution is 7.90. The number of hydrogen-bond donors (Lipinski definition) is 0. The van der Waals surface area contributed by atoms with Crippen LogP contribution in [0.5, 0.6) is 0 Å². The summed E-state index contributed by atoms with van der Waals surface area (Å²) in [6, 6.07) is 3.48. The summed E-state index contributed by atoms with van der Waals surface area (Å²) in [4.78, 5) is 3.91. The van der Waals surface area contributed by atoms with Crippen LogP contribution >= 0.6 is 0 Å². The van der Waals surface area contributed by atoms with Crippen LogP contribution in [0, 0.1) is 0 Å². The number of nitrogens with zero attached hydrogens (tertiary/aromatic N) is 4. The highest BCUT2D eigenvalue weighted by Crippen LogP contribution is 2.35. The third kappa shape index (κ3) is 4.78. The van der Waals surface area contributed by atoms with Gasteiger partial charge >= 0.3 is 6.18 Å². The number of hydrogen-bond acceptors (Lipinski definition) is 6. The Kier molecular flexibility index (Phi) is 5.51. The molecule has 0 atom stereocenters. The SMILES string of the molecule is CS(=O)(=O)c1ccc(-n2nc(C(F)(F)F)cc2C2CCN(S(C)(=O)=O)CC2)nc1. The van der Waals surface area contributed by atoms with Crippen LogP contribution in [-0.2, 0) is 26.0 Å². The predicted molar refractivity (Wildman–Crippen MR) is 97.9 cm³/mol. The van der Waals surface area contributed by atoms with Gasteiger partial charge in [0.25, 0.3) is 0 Å². The Morgan fingerprint density at radius 3 is 2.14 bits per heavy atom. The van der Waals surface area contributed by atoms with Crippen molar-refractivity contribution < 1.29 is 30.0 Å². The molecular formula is C16H19F3N4O4S2. The lowest BCUT2D eigenvalue weighted by Crippen LogP contribution is -2.37. The molecular weight excluding hydrogens is 433 g/mol. The number of halogens is 3. The Balaban J connectivity index is 1.98. The molecule has 29 heavy (non-hydrogen) atoms. The second-order valence-corrected chi connectivity index (χ2v) is 10.9. The maximum Gasteiger partial charge on any atom is 0.435 e. The average Bonchev–Trinajstić information content (AvgIpc) is 3.06. The van der Waals surface area contributed by atoms with Crippen molar-refractivity contribution in [3.05, 3.63) is 35.8 Å². The van der Waals surface area contributed by atoms with E-state index < -0.39 is 31.7 Å². The van der Waals surface area contributed by atoms with E-state index in [0.717, 1.165) is 29.5 Å². The summed E-state index contributed by atoms with van der Waals surface area (Å²) in [6.07, 6.45) is -0.849. The lowest BCUT2D eigenvalue weighted by atomic mass is 9.94. The second-order valence-electron chi connectivity index (χ2n) is 6.92. The van der Waals surface area contributed by atoms with Gasteiger partial charge < -0.3 is 0 Å². The van der Waals surface area contributed by atoms with Crippen molar-refractivity contribution in [2.75, 3.05) is 25.6 Å². The van der Waals surface area contributed by atoms with Gasteiger partial charge in [0.05, 0.1) is 11.2 Å². The van der Waals surface area contributed by atoms with Crippen molar-refractivity contribution in [2.24, 2.45) is 0 Å². The predicted octanol–water partition coefficient (Wildman–Crippen LogP) is 1.83. The topological polar surface area (TPSA) is 102 Å². The first-order chi connectivity index (χ1) is 13.3. The van der Waals surface area contributed by atoms with Crippen LogP contribution in [0.3, 0.4) is 0 Å². The standard InChI is InChI=1S/C16H19F3N4O4S2/c1-28(24,25)12-3-4-15(20-10-12)23-13(9-14(21-23)16(17,18)19)11-5-7-22(8-6-11)29(2,26)27/h3-4,9-11H,5-8H2,1-2H3. The van der Waals surface area contributed by atoms with Gasteiger partial charge in [0, 0.05) is 37.2 Å². The number of sulfonamides is 1. The van der Waals surface area contributed by atoms with Gasteiger partial charge in [-0.1, -0.05) is 0 Å². The molecule has 0 amide bonds. The Morgan fingerprint density at radius 1 is 1.07 bits per heavy atom. The fourth-order valence-electron chi connectivity index (χ4n) is 3.21. The summed E-state index contributed by atoms with van der Waals surface area (Å²) in [5, 5.41) is 3.63. The third-order valence-corrected chi connectivity index (χ3v) is 7.14. The number of piperidine rings is 1. The van der Waals surface area contributed by atoms with E-state index in [4.69, 9.17) is 0 Å². The average molecular weight is 452 g/mol. The molecule has 8 nitrogen and oxygen atoms in total. The van der Waals surface area contributed by atoms with Crippen LogP contribution in [-0.4, -0.2) is 61.5 Å². The van der Waals surface area contributed by atoms with E-state index >= 15 is 0 Å². The van der Waals surface area contributed by atoms with Crippen LogP contribution < -0.4 is 0 Å². The van der Waals surface area contributed by atoms with Crippen LogP contribution in [0.25, 0.3) is 5.82 Å². The molecule has 0 N–H and O–H groups in total. The summed E-state index contributed by atoms with van der Waals surface area (Å²) in [5.41, 5.74) is -0.836. The van der Waals surface area contributed by atoms with Gasteiger partial charge in [0.15, 0.2) is 21.3 Å². The highest BCUT2D eigenvalue weighted by atomic mass is 32.2. The Hall–Kier alpha value is -1.99. The maximum atomic E-state index is 13.2. The van der Waals surface area contributed by atoms with Gasteiger partial charge in [-0.2, -0.15) is 18.3 Å². The van der Waals surface area contributed by atoms with Gasteiger partial charge in [0.2, 0.25) is 10.0 Å². The molecule has 0 unspecified atom stereocenters. The molecule has 2 aromatic rings. The van der Waals surface area contributed by atoms with Crippen molar-refractivity contribution in [1.29, 1.82) is 0 Å². The molecule has 0 aromatic carbocycles. The quantitative estimate of drug-likeness (QED) is 0.701. The first kappa shape index (κ1) is 21.7. The molecule has 1 aliphatic heterocycles. The molecule has 2 aromatic heterocycles. The van der Waals surface area contributed by atoms with Crippen LogP contribution in [0.4, 0.5) is 13.2 Å². The molecule has 3 rings (SSSR count). The molecule has 1 aliphatic rings. The van der Waals surface area contributed by atoms with Crippen molar-refractivity contribution in [2.45, 2.75) is 29.8 Å². The zero-order valence-corrected chi connectivity index (χ0v) is 17.2. The summed E-state index contributed by atoms with van der Waals surface area (Å²) < 4.78 is 88.5. The van der Waals surface area contributed by atoms with E-state index in [0.29, 0.717) is 12.8 Å². The van der Waals surface area contributed by atoms with Gasteiger partial charge in [0.1, 0.15) is 0 Å². The molecule has 0 saturated carbocycles. The van der Waals surface area contributed by atoms with E-state index in [1.165, 1.54) is 16.4 Å². The molecule has 3 heterocycles. The molecule has 0 bridgehead atoms. The first-order valence-electron chi connectivity index (χ1n) is 8.55. The van der Waals surface area contributed by atoms with Crippen molar-refractivity contribution in [3.8, 4) is 5.82 Å². The monoisotopic (exact) mass is 452 g/mol. The number of rotatable bonds is 4. The Morgan fingerprint density at radius 2 is 1.69 bits per heavy atom. The van der Waals surface area contributed by atoms with E-state index in [-0.39, 0.29) is 35.4 Å². The Labute approximate surface area is 166 Å². The summed E-state index contributed by atoms with van der Waals surface area (Å²) in [7, 11) is -6.87. The minimum Gasteiger partial charge on any atom is -0.236 e. The summed E-state index contributed by atoms with van der Waals surface area (Å²) in [5.74, 6) is -0.304. The van der Waals surface area contributed by atoms with Crippen molar-refractivity contribution >= 4 is 19.9 Å². The number of aromatic nitrogens is 3. The molecule has 0 radical (unpaired) electrons. The van der Waals surface area contributed by atoms with E-state index in [1.807, 2.05) is 0 Å². The molecule has 0 aliphatic carbocycles. The second kappa shape index (κ2) is 7.36. The highest BCUT2D eigenvalue weighted by Gasteiger charge is 2.37. The largest absolute Gasteiger partial charge is 0.435 e. The fraction of sp³-hybridized carbons (Fsp3) is 0.500. The zero-order chi connectivity index (χ0) is 21.6. The Bertz CT molecular complexity index is 1100. The van der Waals surface area contributed by atoms with Gasteiger partial charge in [-0.05, 0) is 31.0 Å². The molecule has 160 valence electrons. The lowest BCUT2D eigenvalue weighted by molar-refractivity contribution is -0.141. The molecule has 13 heteroatoms. The minimum atomic E-state index is -4.67.